The van der Waals surface area contributed by atoms with E-state index in [1.54, 1.807) is 0 Å². The van der Waals surface area contributed by atoms with Crippen molar-refractivity contribution in [3.05, 3.63) is 13.2 Å². The molecule has 0 aromatic rings. The highest BCUT2D eigenvalue weighted by atomic mass is 14.0. The smallest absolute Gasteiger partial charge is 0.106 e. The zero-order valence-corrected chi connectivity index (χ0v) is 2.83. The topological polar surface area (TPSA) is 70.0 Å². The summed E-state index contributed by atoms with van der Waals surface area (Å²) in [6.45, 7) is 6.00. The second kappa shape index (κ2) is 63.4. The summed E-state index contributed by atoms with van der Waals surface area (Å²) in [6.07, 6.45) is 0. The van der Waals surface area contributed by atoms with E-state index in [9.17, 15) is 0 Å². The fraction of sp³-hybridized carbons (Fsp3) is 0. The molecule has 0 rings (SSSR count). The minimum atomic E-state index is 0. The van der Waals surface area contributed by atoms with Crippen LogP contribution in [0, 0.1) is 0 Å². The molecule has 28 valence electrons. The van der Waals surface area contributed by atoms with Crippen LogP contribution in [0.4, 0.5) is 0 Å². The standard InChI is InChI=1S/C2H4.2H3N/c1-2;;/h1-2H2;2*1H3. The van der Waals surface area contributed by atoms with Crippen molar-refractivity contribution in [2.45, 2.75) is 0 Å². The van der Waals surface area contributed by atoms with Crippen LogP contribution in [0.15, 0.2) is 13.2 Å². The Morgan fingerprint density at radius 2 is 0.750 bits per heavy atom. The molecule has 6 N–H and O–H groups in total. The van der Waals surface area contributed by atoms with E-state index in [1.165, 1.54) is 0 Å². The molecule has 0 aromatic heterocycles. The van der Waals surface area contributed by atoms with Gasteiger partial charge in [0.15, 0.2) is 0 Å². The fourth-order valence-corrected chi connectivity index (χ4v) is 0. The lowest BCUT2D eigenvalue weighted by Gasteiger charge is -0.813. The predicted molar refractivity (Wildman–Crippen MR) is 21.3 cm³/mol. The lowest BCUT2D eigenvalue weighted by molar-refractivity contribution is 2.13. The Balaban J connectivity index is -0.00000000500. The maximum Gasteiger partial charge on any atom is -0.106 e. The Kier molecular flexibility index (Phi) is 942. The zero-order valence-electron chi connectivity index (χ0n) is 2.83. The first-order chi connectivity index (χ1) is 1.00. The minimum absolute atomic E-state index is 0. The molecule has 0 fully saturated rings. The summed E-state index contributed by atoms with van der Waals surface area (Å²) in [5.74, 6) is 0. The van der Waals surface area contributed by atoms with Gasteiger partial charge < -0.3 is 12.3 Å². The van der Waals surface area contributed by atoms with Crippen molar-refractivity contribution in [3.63, 3.8) is 0 Å². The highest BCUT2D eigenvalue weighted by molar-refractivity contribution is 4.22. The van der Waals surface area contributed by atoms with Gasteiger partial charge in [0.25, 0.3) is 0 Å². The Hall–Kier alpha value is -0.340. The second-order valence-electron chi connectivity index (χ2n) is 0. The maximum absolute atomic E-state index is 3.00. The molecule has 0 aromatic carbocycles. The van der Waals surface area contributed by atoms with E-state index in [4.69, 9.17) is 0 Å². The van der Waals surface area contributed by atoms with Gasteiger partial charge in [-0.15, -0.1) is 13.2 Å². The monoisotopic (exact) mass is 62.1 g/mol. The molecule has 0 aliphatic carbocycles. The van der Waals surface area contributed by atoms with Gasteiger partial charge in [-0.3, -0.25) is 0 Å². The van der Waals surface area contributed by atoms with E-state index >= 15 is 0 Å². The van der Waals surface area contributed by atoms with Gasteiger partial charge in [0.1, 0.15) is 0 Å². The lowest BCUT2D eigenvalue weighted by atomic mass is 11.3. The number of rotatable bonds is 0. The molecule has 0 aliphatic rings. The summed E-state index contributed by atoms with van der Waals surface area (Å²) >= 11 is 0. The summed E-state index contributed by atoms with van der Waals surface area (Å²) in [5, 5.41) is 0. The van der Waals surface area contributed by atoms with Crippen LogP contribution in [-0.4, -0.2) is 0 Å². The maximum atomic E-state index is 3.00. The minimum Gasteiger partial charge on any atom is -0.344 e. The van der Waals surface area contributed by atoms with Crippen molar-refractivity contribution >= 4 is 0 Å². The Bertz CT molecular complexity index is 4.00. The van der Waals surface area contributed by atoms with Crippen molar-refractivity contribution in [1.29, 1.82) is 0 Å². The Morgan fingerprint density at radius 1 is 0.750 bits per heavy atom. The molecular weight excluding hydrogens is 52.0 g/mol. The Labute approximate surface area is 26.7 Å². The molecule has 0 spiro atoms. The van der Waals surface area contributed by atoms with Gasteiger partial charge in [-0.05, 0) is 0 Å². The predicted octanol–water partition coefficient (Wildman–Crippen LogP) is 1.13. The zero-order chi connectivity index (χ0) is 2.00. The molecule has 2 nitrogen and oxygen atoms in total. The van der Waals surface area contributed by atoms with Crippen LogP contribution in [-0.2, 0) is 0 Å². The van der Waals surface area contributed by atoms with Crippen molar-refractivity contribution in [2.75, 3.05) is 0 Å². The van der Waals surface area contributed by atoms with Crippen LogP contribution >= 0.6 is 0 Å². The highest BCUT2D eigenvalue weighted by Crippen LogP contribution is 0.862. The van der Waals surface area contributed by atoms with E-state index in [0.717, 1.165) is 0 Å². The molecule has 0 saturated carbocycles. The normalized spacial score (nSPS) is 1.00. The quantitative estimate of drug-likeness (QED) is 0.413. The summed E-state index contributed by atoms with van der Waals surface area (Å²) in [5.41, 5.74) is 0. The van der Waals surface area contributed by atoms with Crippen LogP contribution in [0.1, 0.15) is 0 Å². The van der Waals surface area contributed by atoms with Gasteiger partial charge in [-0.2, -0.15) is 0 Å². The van der Waals surface area contributed by atoms with Gasteiger partial charge in [0.05, 0.1) is 0 Å². The van der Waals surface area contributed by atoms with Crippen molar-refractivity contribution in [3.8, 4) is 0 Å². The first-order valence-corrected chi connectivity index (χ1v) is 0.500. The molecule has 4 heavy (non-hydrogen) atoms. The van der Waals surface area contributed by atoms with E-state index in [0.29, 0.717) is 0 Å². The van der Waals surface area contributed by atoms with Crippen LogP contribution in [0.5, 0.6) is 0 Å². The molecule has 0 heterocycles. The van der Waals surface area contributed by atoms with Crippen LogP contribution in [0.25, 0.3) is 0 Å². The third-order valence-electron chi connectivity index (χ3n) is 0. The van der Waals surface area contributed by atoms with Crippen molar-refractivity contribution < 1.29 is 0 Å². The molecule has 0 bridgehead atoms. The summed E-state index contributed by atoms with van der Waals surface area (Å²) < 4.78 is 0. The second-order valence-corrected chi connectivity index (χ2v) is 0. The van der Waals surface area contributed by atoms with Crippen molar-refractivity contribution in [1.82, 2.24) is 12.3 Å². The van der Waals surface area contributed by atoms with E-state index in [1.807, 2.05) is 0 Å². The average Bonchev–Trinajstić information content (AvgIpc) is 1.00. The molecular formula is C2H10N2. The van der Waals surface area contributed by atoms with Gasteiger partial charge in [0, 0.05) is 0 Å². The highest BCUT2D eigenvalue weighted by Gasteiger charge is 0.601. The van der Waals surface area contributed by atoms with E-state index in [2.05, 4.69) is 13.2 Å². The lowest BCUT2D eigenvalue weighted by Crippen LogP contribution is -0.552. The SMILES string of the molecule is C=C.N.N. The van der Waals surface area contributed by atoms with Gasteiger partial charge in [-0.25, -0.2) is 0 Å². The van der Waals surface area contributed by atoms with Gasteiger partial charge >= 0.3 is 0 Å². The largest absolute Gasteiger partial charge is 0.344 e. The van der Waals surface area contributed by atoms with E-state index in [-0.39, 0.29) is 12.3 Å². The molecule has 0 saturated heterocycles. The third kappa shape index (κ3) is 6.26. The molecule has 0 unspecified atom stereocenters. The molecule has 0 radical (unpaired) electrons. The summed E-state index contributed by atoms with van der Waals surface area (Å²) in [4.78, 5) is 0. The van der Waals surface area contributed by atoms with Gasteiger partial charge in [0.2, 0.25) is 0 Å². The fourth-order valence-electron chi connectivity index (χ4n) is 0. The molecule has 0 atom stereocenters. The Morgan fingerprint density at radius 3 is 0.750 bits per heavy atom. The first kappa shape index (κ1) is 59.5. The van der Waals surface area contributed by atoms with Crippen LogP contribution < -0.4 is 12.3 Å². The summed E-state index contributed by atoms with van der Waals surface area (Å²) in [6, 6.07) is 0. The third-order valence-corrected chi connectivity index (χ3v) is 0. The molecule has 0 amide bonds. The molecule has 2 heteroatoms. The average molecular weight is 62.1 g/mol. The van der Waals surface area contributed by atoms with Crippen molar-refractivity contribution in [2.24, 2.45) is 0 Å². The first-order valence-electron chi connectivity index (χ1n) is 0.500. The van der Waals surface area contributed by atoms with Crippen LogP contribution in [0.2, 0.25) is 0 Å². The number of hydrogen-bond donors (Lipinski definition) is 2. The molecule has 0 aliphatic heterocycles. The number of hydrogen-bond acceptors (Lipinski definition) is 2. The summed E-state index contributed by atoms with van der Waals surface area (Å²) in [7, 11) is 0. The van der Waals surface area contributed by atoms with Crippen LogP contribution in [0.3, 0.4) is 0 Å². The van der Waals surface area contributed by atoms with E-state index < -0.39 is 0 Å². The van der Waals surface area contributed by atoms with Gasteiger partial charge in [-0.1, -0.05) is 0 Å².